The van der Waals surface area contributed by atoms with Gasteiger partial charge in [-0.05, 0) is 24.1 Å². The Morgan fingerprint density at radius 1 is 1.39 bits per heavy atom. The molecule has 2 aromatic heterocycles. The first-order valence-electron chi connectivity index (χ1n) is 5.49. The lowest BCUT2D eigenvalue weighted by Gasteiger charge is -2.15. The van der Waals surface area contributed by atoms with Crippen molar-refractivity contribution in [3.8, 4) is 0 Å². The molecule has 2 heterocycles. The van der Waals surface area contributed by atoms with Crippen LogP contribution in [-0.4, -0.2) is 44.8 Å². The molecular formula is C11H14N6O. The summed E-state index contributed by atoms with van der Waals surface area (Å²) in [7, 11) is 1.71. The number of aromatic nitrogens is 4. The fraction of sp³-hybridized carbons (Fsp3) is 0.273. The summed E-state index contributed by atoms with van der Waals surface area (Å²) in [6, 6.07) is 3.84. The van der Waals surface area contributed by atoms with E-state index in [0.717, 1.165) is 12.0 Å². The normalized spacial score (nSPS) is 10.3. The first kappa shape index (κ1) is 12.0. The van der Waals surface area contributed by atoms with Crippen LogP contribution in [0, 0.1) is 0 Å². The van der Waals surface area contributed by atoms with Gasteiger partial charge in [0.15, 0.2) is 11.5 Å². The molecule has 0 radical (unpaired) electrons. The molecule has 0 aliphatic heterocycles. The monoisotopic (exact) mass is 246 g/mol. The summed E-state index contributed by atoms with van der Waals surface area (Å²) in [6.45, 7) is 0.579. The van der Waals surface area contributed by atoms with Gasteiger partial charge in [-0.3, -0.25) is 9.78 Å². The van der Waals surface area contributed by atoms with Gasteiger partial charge in [0.1, 0.15) is 0 Å². The highest BCUT2D eigenvalue weighted by molar-refractivity contribution is 5.95. The lowest BCUT2D eigenvalue weighted by molar-refractivity contribution is 0.0792. The molecule has 0 unspecified atom stereocenters. The van der Waals surface area contributed by atoms with Crippen LogP contribution in [0.4, 0.5) is 5.82 Å². The molecule has 2 aromatic rings. The van der Waals surface area contributed by atoms with Crippen molar-refractivity contribution in [3.05, 3.63) is 35.8 Å². The number of nitrogens with zero attached hydrogens (tertiary/aromatic N) is 4. The van der Waals surface area contributed by atoms with Gasteiger partial charge in [-0.25, -0.2) is 0 Å². The highest BCUT2D eigenvalue weighted by Gasteiger charge is 2.18. The lowest BCUT2D eigenvalue weighted by Crippen LogP contribution is -2.29. The number of likely N-dealkylation sites (N-methyl/N-ethyl adjacent to an activating group) is 1. The summed E-state index contributed by atoms with van der Waals surface area (Å²) < 4.78 is 0. The van der Waals surface area contributed by atoms with E-state index in [4.69, 9.17) is 5.73 Å². The molecule has 0 fully saturated rings. The number of carbonyl (C=O) groups excluding carboxylic acids is 1. The molecule has 0 spiro atoms. The van der Waals surface area contributed by atoms with Crippen molar-refractivity contribution >= 4 is 11.7 Å². The molecule has 18 heavy (non-hydrogen) atoms. The first-order chi connectivity index (χ1) is 8.68. The Kier molecular flexibility index (Phi) is 3.52. The largest absolute Gasteiger partial charge is 0.380 e. The van der Waals surface area contributed by atoms with Crippen LogP contribution in [0.3, 0.4) is 0 Å². The van der Waals surface area contributed by atoms with Gasteiger partial charge in [0.05, 0.1) is 0 Å². The number of nitrogens with one attached hydrogen (secondary N) is 1. The summed E-state index contributed by atoms with van der Waals surface area (Å²) in [5.74, 6) is -0.119. The molecule has 1 amide bonds. The Bertz CT molecular complexity index is 523. The van der Waals surface area contributed by atoms with Crippen LogP contribution >= 0.6 is 0 Å². The Morgan fingerprint density at radius 2 is 2.11 bits per heavy atom. The minimum atomic E-state index is -0.240. The molecule has 2 rings (SSSR count). The smallest absolute Gasteiger partial charge is 0.278 e. The van der Waals surface area contributed by atoms with Gasteiger partial charge in [-0.15, -0.1) is 10.2 Å². The molecule has 3 N–H and O–H groups in total. The maximum Gasteiger partial charge on any atom is 0.278 e. The number of carbonyl (C=O) groups is 1. The van der Waals surface area contributed by atoms with E-state index in [1.165, 1.54) is 0 Å². The third-order valence-electron chi connectivity index (χ3n) is 2.61. The average Bonchev–Trinajstić information content (AvgIpc) is 2.82. The number of anilines is 1. The van der Waals surface area contributed by atoms with Crippen molar-refractivity contribution in [2.45, 2.75) is 6.42 Å². The predicted octanol–water partition coefficient (Wildman–Crippen LogP) is 0.0966. The lowest BCUT2D eigenvalue weighted by atomic mass is 10.2. The van der Waals surface area contributed by atoms with Gasteiger partial charge in [-0.1, -0.05) is 0 Å². The predicted molar refractivity (Wildman–Crippen MR) is 65.7 cm³/mol. The molecule has 94 valence electrons. The zero-order valence-electron chi connectivity index (χ0n) is 10.00. The van der Waals surface area contributed by atoms with Crippen LogP contribution in [0.25, 0.3) is 0 Å². The topological polar surface area (TPSA) is 101 Å². The third-order valence-corrected chi connectivity index (χ3v) is 2.61. The van der Waals surface area contributed by atoms with Crippen LogP contribution < -0.4 is 5.73 Å². The second-order valence-electron chi connectivity index (χ2n) is 3.89. The van der Waals surface area contributed by atoms with Crippen LogP contribution in [0.2, 0.25) is 0 Å². The summed E-state index contributed by atoms with van der Waals surface area (Å²) >= 11 is 0. The van der Waals surface area contributed by atoms with Crippen molar-refractivity contribution in [2.24, 2.45) is 0 Å². The number of aromatic amines is 1. The second kappa shape index (κ2) is 5.26. The summed E-state index contributed by atoms with van der Waals surface area (Å²) in [4.78, 5) is 17.5. The van der Waals surface area contributed by atoms with Crippen LogP contribution in [0.1, 0.15) is 16.1 Å². The van der Waals surface area contributed by atoms with E-state index in [0.29, 0.717) is 6.54 Å². The maximum absolute atomic E-state index is 12.0. The summed E-state index contributed by atoms with van der Waals surface area (Å²) in [5, 5.41) is 9.68. The second-order valence-corrected chi connectivity index (χ2v) is 3.89. The van der Waals surface area contributed by atoms with Crippen LogP contribution in [-0.2, 0) is 6.42 Å². The summed E-state index contributed by atoms with van der Waals surface area (Å²) in [5.41, 5.74) is 6.81. The van der Waals surface area contributed by atoms with Crippen LogP contribution in [0.5, 0.6) is 0 Å². The molecule has 0 saturated carbocycles. The Balaban J connectivity index is 1.95. The standard InChI is InChI=1S/C11H14N6O/c1-17(7-4-8-2-5-13-6-3-8)11(18)9-10(12)15-16-14-9/h2-3,5-6H,4,7H2,1H3,(H3,12,14,15,16). The number of nitrogen functional groups attached to an aromatic ring is 1. The van der Waals surface area contributed by atoms with E-state index >= 15 is 0 Å². The van der Waals surface area contributed by atoms with E-state index < -0.39 is 0 Å². The Hall–Kier alpha value is -2.44. The fourth-order valence-corrected chi connectivity index (χ4v) is 1.53. The fourth-order valence-electron chi connectivity index (χ4n) is 1.53. The quantitative estimate of drug-likeness (QED) is 0.796. The van der Waals surface area contributed by atoms with E-state index in [1.807, 2.05) is 12.1 Å². The maximum atomic E-state index is 12.0. The minimum Gasteiger partial charge on any atom is -0.380 e. The number of H-pyrrole nitrogens is 1. The van der Waals surface area contributed by atoms with Gasteiger partial charge in [0.25, 0.3) is 5.91 Å². The van der Waals surface area contributed by atoms with Crippen molar-refractivity contribution in [1.29, 1.82) is 0 Å². The van der Waals surface area contributed by atoms with Crippen molar-refractivity contribution < 1.29 is 4.79 Å². The van der Waals surface area contributed by atoms with Gasteiger partial charge >= 0.3 is 0 Å². The number of nitrogens with two attached hydrogens (primary N) is 1. The first-order valence-corrected chi connectivity index (χ1v) is 5.49. The van der Waals surface area contributed by atoms with Crippen molar-refractivity contribution in [3.63, 3.8) is 0 Å². The van der Waals surface area contributed by atoms with Gasteiger partial charge in [-0.2, -0.15) is 5.21 Å². The molecule has 7 nitrogen and oxygen atoms in total. The van der Waals surface area contributed by atoms with E-state index in [-0.39, 0.29) is 17.4 Å². The van der Waals surface area contributed by atoms with Crippen molar-refractivity contribution in [2.75, 3.05) is 19.3 Å². The highest BCUT2D eigenvalue weighted by Crippen LogP contribution is 2.07. The number of rotatable bonds is 4. The number of pyridine rings is 1. The molecule has 7 heteroatoms. The van der Waals surface area contributed by atoms with Gasteiger partial charge in [0.2, 0.25) is 0 Å². The average molecular weight is 246 g/mol. The molecular weight excluding hydrogens is 232 g/mol. The zero-order chi connectivity index (χ0) is 13.0. The van der Waals surface area contributed by atoms with E-state index in [1.54, 1.807) is 24.3 Å². The van der Waals surface area contributed by atoms with E-state index in [9.17, 15) is 4.79 Å². The molecule has 0 aliphatic carbocycles. The minimum absolute atomic E-state index is 0.121. The van der Waals surface area contributed by atoms with Gasteiger partial charge in [0, 0.05) is 26.0 Å². The molecule has 0 aromatic carbocycles. The van der Waals surface area contributed by atoms with Crippen LogP contribution in [0.15, 0.2) is 24.5 Å². The summed E-state index contributed by atoms with van der Waals surface area (Å²) in [6.07, 6.45) is 4.21. The number of hydrogen-bond acceptors (Lipinski definition) is 5. The third kappa shape index (κ3) is 2.62. The zero-order valence-corrected chi connectivity index (χ0v) is 10.00. The number of hydrogen-bond donors (Lipinski definition) is 2. The molecule has 0 saturated heterocycles. The van der Waals surface area contributed by atoms with Gasteiger partial charge < -0.3 is 10.6 Å². The Morgan fingerprint density at radius 3 is 2.72 bits per heavy atom. The molecule has 0 aliphatic rings. The van der Waals surface area contributed by atoms with Crippen molar-refractivity contribution in [1.82, 2.24) is 25.3 Å². The Labute approximate surface area is 104 Å². The molecule has 0 bridgehead atoms. The van der Waals surface area contributed by atoms with E-state index in [2.05, 4.69) is 20.4 Å². The molecule has 0 atom stereocenters. The SMILES string of the molecule is CN(CCc1ccncc1)C(=O)c1n[nH]nc1N. The highest BCUT2D eigenvalue weighted by atomic mass is 16.2. The number of amides is 1.